The van der Waals surface area contributed by atoms with Gasteiger partial charge in [-0.25, -0.2) is 8.42 Å². The van der Waals surface area contributed by atoms with Gasteiger partial charge in [0.1, 0.15) is 12.3 Å². The van der Waals surface area contributed by atoms with E-state index in [2.05, 4.69) is 5.32 Å². The zero-order valence-electron chi connectivity index (χ0n) is 18.2. The minimum Gasteiger partial charge on any atom is -0.497 e. The van der Waals surface area contributed by atoms with Gasteiger partial charge in [-0.2, -0.15) is 0 Å². The molecular weight excluding hydrogens is 460 g/mol. The van der Waals surface area contributed by atoms with Crippen LogP contribution in [-0.2, 0) is 21.2 Å². The highest BCUT2D eigenvalue weighted by molar-refractivity contribution is 7.92. The van der Waals surface area contributed by atoms with Crippen LogP contribution >= 0.6 is 11.6 Å². The molecule has 1 aliphatic rings. The Morgan fingerprint density at radius 1 is 1.09 bits per heavy atom. The summed E-state index contributed by atoms with van der Waals surface area (Å²) in [6.45, 7) is -0.336. The number of ether oxygens (including phenoxy) is 1. The normalized spacial score (nSPS) is 15.4. The highest BCUT2D eigenvalue weighted by Gasteiger charge is 2.29. The number of anilines is 1. The predicted molar refractivity (Wildman–Crippen MR) is 129 cm³/mol. The lowest BCUT2D eigenvalue weighted by Crippen LogP contribution is -2.42. The van der Waals surface area contributed by atoms with E-state index in [-0.39, 0.29) is 23.4 Å². The van der Waals surface area contributed by atoms with Crippen molar-refractivity contribution in [3.8, 4) is 5.75 Å². The van der Waals surface area contributed by atoms with Crippen LogP contribution in [-0.4, -0.2) is 28.0 Å². The Kier molecular flexibility index (Phi) is 6.91. The molecular formula is C25H25ClN2O4S. The van der Waals surface area contributed by atoms with Crippen LogP contribution in [0.3, 0.4) is 0 Å². The molecule has 3 aromatic rings. The highest BCUT2D eigenvalue weighted by Crippen LogP contribution is 2.32. The van der Waals surface area contributed by atoms with Crippen LogP contribution in [0, 0.1) is 0 Å². The number of benzene rings is 3. The molecule has 1 amide bonds. The van der Waals surface area contributed by atoms with E-state index in [0.717, 1.165) is 40.4 Å². The SMILES string of the molecule is COc1ccc2c(c1)CCCC2NC(=O)CN(c1ccccc1)S(=O)(=O)c1ccc(Cl)cc1. The second kappa shape index (κ2) is 9.85. The van der Waals surface area contributed by atoms with E-state index in [1.165, 1.54) is 24.3 Å². The van der Waals surface area contributed by atoms with Crippen molar-refractivity contribution < 1.29 is 17.9 Å². The number of hydrogen-bond donors (Lipinski definition) is 1. The van der Waals surface area contributed by atoms with Gasteiger partial charge in [-0.05, 0) is 78.9 Å². The highest BCUT2D eigenvalue weighted by atomic mass is 35.5. The van der Waals surface area contributed by atoms with E-state index in [9.17, 15) is 13.2 Å². The van der Waals surface area contributed by atoms with Crippen LogP contribution in [0.4, 0.5) is 5.69 Å². The summed E-state index contributed by atoms with van der Waals surface area (Å²) >= 11 is 5.93. The number of halogens is 1. The molecule has 8 heteroatoms. The zero-order valence-corrected chi connectivity index (χ0v) is 19.8. The van der Waals surface area contributed by atoms with E-state index in [0.29, 0.717) is 10.7 Å². The number of nitrogens with one attached hydrogen (secondary N) is 1. The largest absolute Gasteiger partial charge is 0.497 e. The van der Waals surface area contributed by atoms with E-state index in [4.69, 9.17) is 16.3 Å². The minimum absolute atomic E-state index is 0.0682. The number of carbonyl (C=O) groups is 1. The fourth-order valence-corrected chi connectivity index (χ4v) is 5.63. The van der Waals surface area contributed by atoms with Gasteiger partial charge in [0.15, 0.2) is 0 Å². The average molecular weight is 485 g/mol. The van der Waals surface area contributed by atoms with Gasteiger partial charge in [-0.3, -0.25) is 9.10 Å². The first kappa shape index (κ1) is 23.1. The first-order valence-electron chi connectivity index (χ1n) is 10.7. The standard InChI is InChI=1S/C25H25ClN2O4S/c1-32-21-12-15-23-18(16-21)6-5-9-24(23)27-25(29)17-28(20-7-3-2-4-8-20)33(30,31)22-13-10-19(26)11-14-22/h2-4,7-8,10-16,24H,5-6,9,17H2,1H3,(H,27,29). The number of sulfonamides is 1. The van der Waals surface area contributed by atoms with Gasteiger partial charge in [-0.1, -0.05) is 35.9 Å². The van der Waals surface area contributed by atoms with Crippen molar-refractivity contribution in [1.29, 1.82) is 0 Å². The van der Waals surface area contributed by atoms with E-state index < -0.39 is 10.0 Å². The minimum atomic E-state index is -3.98. The van der Waals surface area contributed by atoms with Crippen molar-refractivity contribution in [2.24, 2.45) is 0 Å². The Balaban J connectivity index is 1.59. The lowest BCUT2D eigenvalue weighted by Gasteiger charge is -2.29. The lowest BCUT2D eigenvalue weighted by atomic mass is 9.87. The third-order valence-corrected chi connectivity index (χ3v) is 7.77. The first-order valence-corrected chi connectivity index (χ1v) is 12.5. The molecule has 0 radical (unpaired) electrons. The summed E-state index contributed by atoms with van der Waals surface area (Å²) in [5, 5.41) is 3.47. The van der Waals surface area contributed by atoms with Gasteiger partial charge in [0.2, 0.25) is 5.91 Å². The van der Waals surface area contributed by atoms with Crippen molar-refractivity contribution in [1.82, 2.24) is 5.32 Å². The van der Waals surface area contributed by atoms with Crippen molar-refractivity contribution in [2.75, 3.05) is 18.0 Å². The van der Waals surface area contributed by atoms with Crippen LogP contribution in [0.2, 0.25) is 5.02 Å². The van der Waals surface area contributed by atoms with Crippen molar-refractivity contribution in [3.05, 3.63) is 88.9 Å². The molecule has 0 spiro atoms. The van der Waals surface area contributed by atoms with Crippen molar-refractivity contribution >= 4 is 33.2 Å². The Morgan fingerprint density at radius 2 is 1.82 bits per heavy atom. The quantitative estimate of drug-likeness (QED) is 0.525. The monoisotopic (exact) mass is 484 g/mol. The summed E-state index contributed by atoms with van der Waals surface area (Å²) in [5.41, 5.74) is 2.60. The molecule has 33 heavy (non-hydrogen) atoms. The maximum Gasteiger partial charge on any atom is 0.264 e. The number of methoxy groups -OCH3 is 1. The molecule has 4 rings (SSSR count). The number of fused-ring (bicyclic) bond motifs is 1. The van der Waals surface area contributed by atoms with E-state index in [1.807, 2.05) is 18.2 Å². The molecule has 0 aromatic heterocycles. The number of aryl methyl sites for hydroxylation is 1. The average Bonchev–Trinajstić information content (AvgIpc) is 2.83. The zero-order chi connectivity index (χ0) is 23.4. The van der Waals surface area contributed by atoms with Gasteiger partial charge in [-0.15, -0.1) is 0 Å². The summed E-state index contributed by atoms with van der Waals surface area (Å²) in [7, 11) is -2.35. The Labute approximate surface area is 199 Å². The van der Waals surface area contributed by atoms with Crippen molar-refractivity contribution in [3.63, 3.8) is 0 Å². The Bertz CT molecular complexity index is 1230. The van der Waals surface area contributed by atoms with Gasteiger partial charge in [0, 0.05) is 5.02 Å². The summed E-state index contributed by atoms with van der Waals surface area (Å²) in [6.07, 6.45) is 2.64. The van der Waals surface area contributed by atoms with Gasteiger partial charge < -0.3 is 10.1 Å². The van der Waals surface area contributed by atoms with Crippen molar-refractivity contribution in [2.45, 2.75) is 30.2 Å². The van der Waals surface area contributed by atoms with Gasteiger partial charge in [0.05, 0.1) is 23.7 Å². The molecule has 0 bridgehead atoms. The number of hydrogen-bond acceptors (Lipinski definition) is 4. The summed E-state index contributed by atoms with van der Waals surface area (Å²) in [4.78, 5) is 13.2. The van der Waals surface area contributed by atoms with Crippen LogP contribution in [0.15, 0.2) is 77.7 Å². The topological polar surface area (TPSA) is 75.7 Å². The fraction of sp³-hybridized carbons (Fsp3) is 0.240. The molecule has 172 valence electrons. The number of rotatable bonds is 7. The van der Waals surface area contributed by atoms with Crippen LogP contribution in [0.25, 0.3) is 0 Å². The van der Waals surface area contributed by atoms with Crippen LogP contribution in [0.1, 0.15) is 30.0 Å². The molecule has 0 saturated carbocycles. The number of carbonyl (C=O) groups excluding carboxylic acids is 1. The van der Waals surface area contributed by atoms with E-state index >= 15 is 0 Å². The maximum absolute atomic E-state index is 13.4. The molecule has 1 unspecified atom stereocenters. The number of amides is 1. The second-order valence-corrected chi connectivity index (χ2v) is 10.2. The lowest BCUT2D eigenvalue weighted by molar-refractivity contribution is -0.120. The maximum atomic E-state index is 13.4. The molecule has 0 aliphatic heterocycles. The number of nitrogens with zero attached hydrogens (tertiary/aromatic N) is 1. The molecule has 0 fully saturated rings. The molecule has 6 nitrogen and oxygen atoms in total. The molecule has 0 heterocycles. The van der Waals surface area contributed by atoms with Crippen LogP contribution < -0.4 is 14.4 Å². The van der Waals surface area contributed by atoms with Crippen LogP contribution in [0.5, 0.6) is 5.75 Å². The Hall–Kier alpha value is -3.03. The molecule has 3 aromatic carbocycles. The van der Waals surface area contributed by atoms with Gasteiger partial charge >= 0.3 is 0 Å². The fourth-order valence-electron chi connectivity index (χ4n) is 4.08. The summed E-state index contributed by atoms with van der Waals surface area (Å²) in [6, 6.07) is 20.2. The molecule has 1 N–H and O–H groups in total. The number of para-hydroxylation sites is 1. The smallest absolute Gasteiger partial charge is 0.264 e. The molecule has 0 saturated heterocycles. The first-order chi connectivity index (χ1) is 15.9. The third-order valence-electron chi connectivity index (χ3n) is 5.73. The molecule has 1 atom stereocenters. The Morgan fingerprint density at radius 3 is 2.52 bits per heavy atom. The third kappa shape index (κ3) is 5.15. The molecule has 1 aliphatic carbocycles. The summed E-state index contributed by atoms with van der Waals surface area (Å²) in [5.74, 6) is 0.412. The predicted octanol–water partition coefficient (Wildman–Crippen LogP) is 4.74. The van der Waals surface area contributed by atoms with Gasteiger partial charge in [0.25, 0.3) is 10.0 Å². The summed E-state index contributed by atoms with van der Waals surface area (Å²) < 4.78 is 33.3. The second-order valence-electron chi connectivity index (χ2n) is 7.88. The van der Waals surface area contributed by atoms with E-state index in [1.54, 1.807) is 37.4 Å².